The quantitative estimate of drug-likeness (QED) is 0.937. The molecule has 0 saturated heterocycles. The van der Waals surface area contributed by atoms with Crippen LogP contribution in [0.3, 0.4) is 0 Å². The number of aromatic nitrogens is 2. The minimum Gasteiger partial charge on any atom is -0.362 e. The smallest absolute Gasteiger partial charge is 0.155 e. The van der Waals surface area contributed by atoms with E-state index in [4.69, 9.17) is 4.52 Å². The molecule has 2 aromatic rings. The van der Waals surface area contributed by atoms with E-state index in [1.54, 1.807) is 18.5 Å². The van der Waals surface area contributed by atoms with Gasteiger partial charge in [0.15, 0.2) is 5.76 Å². The van der Waals surface area contributed by atoms with Gasteiger partial charge in [-0.25, -0.2) is 4.98 Å². The second-order valence-corrected chi connectivity index (χ2v) is 4.59. The van der Waals surface area contributed by atoms with Crippen LogP contribution < -0.4 is 5.32 Å². The maximum Gasteiger partial charge on any atom is 0.155 e. The summed E-state index contributed by atoms with van der Waals surface area (Å²) in [4.78, 5) is 4.21. The number of nitrogens with one attached hydrogen (secondary N) is 1. The third kappa shape index (κ3) is 2.79. The Bertz CT molecular complexity index is 445. The monoisotopic (exact) mass is 331 g/mol. The fourth-order valence-electron chi connectivity index (χ4n) is 1.05. The number of pyridine rings is 1. The number of halogens is 2. The van der Waals surface area contributed by atoms with E-state index in [9.17, 15) is 0 Å². The van der Waals surface area contributed by atoms with E-state index in [0.29, 0.717) is 6.54 Å². The van der Waals surface area contributed by atoms with Crippen LogP contribution in [0, 0.1) is 0 Å². The van der Waals surface area contributed by atoms with Crippen molar-refractivity contribution in [3.05, 3.63) is 39.2 Å². The molecule has 0 saturated carbocycles. The van der Waals surface area contributed by atoms with Gasteiger partial charge in [-0.2, -0.15) is 0 Å². The van der Waals surface area contributed by atoms with Gasteiger partial charge in [0, 0.05) is 16.7 Å². The van der Waals surface area contributed by atoms with Crippen molar-refractivity contribution >= 4 is 37.7 Å². The first-order valence-corrected chi connectivity index (χ1v) is 5.79. The average Bonchev–Trinajstić information content (AvgIpc) is 2.69. The van der Waals surface area contributed by atoms with Crippen molar-refractivity contribution in [1.82, 2.24) is 10.1 Å². The number of nitrogens with zero attached hydrogens (tertiary/aromatic N) is 2. The molecule has 4 nitrogen and oxygen atoms in total. The lowest BCUT2D eigenvalue weighted by atomic mass is 10.4. The van der Waals surface area contributed by atoms with E-state index >= 15 is 0 Å². The van der Waals surface area contributed by atoms with Gasteiger partial charge in [-0.3, -0.25) is 0 Å². The minimum atomic E-state index is 0.563. The van der Waals surface area contributed by atoms with Gasteiger partial charge in [0.2, 0.25) is 0 Å². The lowest BCUT2D eigenvalue weighted by Gasteiger charge is -2.05. The van der Waals surface area contributed by atoms with Crippen LogP contribution in [0.2, 0.25) is 0 Å². The molecule has 0 bridgehead atoms. The molecule has 0 fully saturated rings. The number of hydrogen-bond acceptors (Lipinski definition) is 4. The third-order valence-corrected chi connectivity index (χ3v) is 2.77. The molecule has 0 aliphatic heterocycles. The van der Waals surface area contributed by atoms with Gasteiger partial charge < -0.3 is 9.84 Å². The van der Waals surface area contributed by atoms with Crippen LogP contribution in [0.1, 0.15) is 5.76 Å². The van der Waals surface area contributed by atoms with Crippen LogP contribution in [0.25, 0.3) is 0 Å². The summed E-state index contributed by atoms with van der Waals surface area (Å²) in [5, 5.41) is 6.75. The Morgan fingerprint density at radius 3 is 2.93 bits per heavy atom. The fourth-order valence-corrected chi connectivity index (χ4v) is 2.18. The highest BCUT2D eigenvalue weighted by atomic mass is 79.9. The van der Waals surface area contributed by atoms with Crippen LogP contribution >= 0.6 is 31.9 Å². The zero-order chi connectivity index (χ0) is 10.7. The van der Waals surface area contributed by atoms with E-state index in [2.05, 4.69) is 47.3 Å². The predicted molar refractivity (Wildman–Crippen MR) is 63.5 cm³/mol. The lowest BCUT2D eigenvalue weighted by molar-refractivity contribution is 0.388. The minimum absolute atomic E-state index is 0.563. The highest BCUT2D eigenvalue weighted by molar-refractivity contribution is 9.11. The van der Waals surface area contributed by atoms with Crippen molar-refractivity contribution in [3.8, 4) is 0 Å². The first kappa shape index (κ1) is 10.6. The molecule has 0 aliphatic rings. The van der Waals surface area contributed by atoms with Gasteiger partial charge in [0.05, 0.1) is 17.2 Å². The molecule has 0 amide bonds. The second kappa shape index (κ2) is 4.76. The standard InChI is InChI=1S/C9H7Br2N3O/c10-6-3-8(11)9(12-4-6)13-5-7-1-2-14-15-7/h1-4H,5H2,(H,12,13). The van der Waals surface area contributed by atoms with Crippen molar-refractivity contribution < 1.29 is 4.52 Å². The van der Waals surface area contributed by atoms with Gasteiger partial charge in [0.1, 0.15) is 5.82 Å². The van der Waals surface area contributed by atoms with Gasteiger partial charge in [-0.05, 0) is 37.9 Å². The first-order chi connectivity index (χ1) is 7.25. The number of rotatable bonds is 3. The summed E-state index contributed by atoms with van der Waals surface area (Å²) in [6, 6.07) is 3.73. The molecule has 78 valence electrons. The molecular formula is C9H7Br2N3O. The van der Waals surface area contributed by atoms with E-state index in [-0.39, 0.29) is 0 Å². The molecule has 2 heterocycles. The first-order valence-electron chi connectivity index (χ1n) is 4.20. The summed E-state index contributed by atoms with van der Waals surface area (Å²) >= 11 is 6.75. The second-order valence-electron chi connectivity index (χ2n) is 2.82. The van der Waals surface area contributed by atoms with Gasteiger partial charge >= 0.3 is 0 Å². The molecule has 0 atom stereocenters. The molecule has 0 aliphatic carbocycles. The van der Waals surface area contributed by atoms with Crippen molar-refractivity contribution in [1.29, 1.82) is 0 Å². The molecule has 0 unspecified atom stereocenters. The highest BCUT2D eigenvalue weighted by Crippen LogP contribution is 2.23. The van der Waals surface area contributed by atoms with E-state index < -0.39 is 0 Å². The van der Waals surface area contributed by atoms with Crippen LogP contribution in [-0.4, -0.2) is 10.1 Å². The molecule has 15 heavy (non-hydrogen) atoms. The zero-order valence-electron chi connectivity index (χ0n) is 7.58. The van der Waals surface area contributed by atoms with E-state index in [1.165, 1.54) is 0 Å². The summed E-state index contributed by atoms with van der Waals surface area (Å²) in [6.45, 7) is 0.563. The van der Waals surface area contributed by atoms with Crippen molar-refractivity contribution in [3.63, 3.8) is 0 Å². The Morgan fingerprint density at radius 1 is 1.40 bits per heavy atom. The maximum atomic E-state index is 4.95. The third-order valence-electron chi connectivity index (χ3n) is 1.73. The van der Waals surface area contributed by atoms with Crippen LogP contribution in [0.5, 0.6) is 0 Å². The Labute approximate surface area is 103 Å². The maximum absolute atomic E-state index is 4.95. The van der Waals surface area contributed by atoms with Crippen molar-refractivity contribution in [2.24, 2.45) is 0 Å². The van der Waals surface area contributed by atoms with Gasteiger partial charge in [-0.1, -0.05) is 5.16 Å². The Hall–Kier alpha value is -0.880. The highest BCUT2D eigenvalue weighted by Gasteiger charge is 2.03. The summed E-state index contributed by atoms with van der Waals surface area (Å²) < 4.78 is 6.78. The SMILES string of the molecule is Brc1cnc(NCc2ccno2)c(Br)c1. The largest absolute Gasteiger partial charge is 0.362 e. The van der Waals surface area contributed by atoms with Gasteiger partial charge in [0.25, 0.3) is 0 Å². The normalized spacial score (nSPS) is 10.3. The molecule has 0 radical (unpaired) electrons. The molecule has 0 spiro atoms. The van der Waals surface area contributed by atoms with E-state index in [0.717, 1.165) is 20.5 Å². The Kier molecular flexibility index (Phi) is 3.37. The molecular weight excluding hydrogens is 326 g/mol. The molecule has 1 N–H and O–H groups in total. The summed E-state index contributed by atoms with van der Waals surface area (Å²) in [5.74, 6) is 1.54. The molecule has 2 rings (SSSR count). The zero-order valence-corrected chi connectivity index (χ0v) is 10.7. The Morgan fingerprint density at radius 2 is 2.27 bits per heavy atom. The van der Waals surface area contributed by atoms with Gasteiger partial charge in [-0.15, -0.1) is 0 Å². The predicted octanol–water partition coefficient (Wildman–Crippen LogP) is 3.21. The number of hydrogen-bond donors (Lipinski definition) is 1. The summed E-state index contributed by atoms with van der Waals surface area (Å²) in [6.07, 6.45) is 3.34. The topological polar surface area (TPSA) is 51.0 Å². The molecule has 2 aromatic heterocycles. The van der Waals surface area contributed by atoms with Crippen LogP contribution in [-0.2, 0) is 6.54 Å². The van der Waals surface area contributed by atoms with Crippen LogP contribution in [0.4, 0.5) is 5.82 Å². The summed E-state index contributed by atoms with van der Waals surface area (Å²) in [7, 11) is 0. The number of anilines is 1. The van der Waals surface area contributed by atoms with Crippen LogP contribution in [0.15, 0.2) is 38.0 Å². The summed E-state index contributed by atoms with van der Waals surface area (Å²) in [5.41, 5.74) is 0. The Balaban J connectivity index is 2.05. The van der Waals surface area contributed by atoms with E-state index in [1.807, 2.05) is 6.07 Å². The fraction of sp³-hybridized carbons (Fsp3) is 0.111. The van der Waals surface area contributed by atoms with Crippen molar-refractivity contribution in [2.75, 3.05) is 5.32 Å². The van der Waals surface area contributed by atoms with Crippen molar-refractivity contribution in [2.45, 2.75) is 6.54 Å². The lowest BCUT2D eigenvalue weighted by Crippen LogP contribution is -2.00. The molecule has 0 aromatic carbocycles. The molecule has 6 heteroatoms. The average molecular weight is 333 g/mol.